The van der Waals surface area contributed by atoms with Crippen molar-refractivity contribution in [3.63, 3.8) is 0 Å². The molecule has 4 aromatic rings. The second-order valence-electron chi connectivity index (χ2n) is 12.1. The van der Waals surface area contributed by atoms with Crippen LogP contribution in [-0.2, 0) is 32.0 Å². The molecule has 0 spiro atoms. The van der Waals surface area contributed by atoms with Crippen LogP contribution in [0.2, 0.25) is 0 Å². The Morgan fingerprint density at radius 2 is 1.10 bits per heavy atom. The van der Waals surface area contributed by atoms with Crippen molar-refractivity contribution in [2.75, 3.05) is 13.2 Å². The summed E-state index contributed by atoms with van der Waals surface area (Å²) in [5, 5.41) is 17.9. The minimum atomic E-state index is -1.17. The lowest BCUT2D eigenvalue weighted by atomic mass is 9.98. The monoisotopic (exact) mass is 662 g/mol. The summed E-state index contributed by atoms with van der Waals surface area (Å²) in [6.07, 6.45) is 0.806. The molecule has 0 unspecified atom stereocenters. The Kier molecular flexibility index (Phi) is 12.1. The molecule has 0 aromatic heterocycles. The van der Waals surface area contributed by atoms with Gasteiger partial charge in [0.05, 0.1) is 0 Å². The van der Waals surface area contributed by atoms with Gasteiger partial charge in [0.1, 0.15) is 24.7 Å². The zero-order valence-electron chi connectivity index (χ0n) is 27.2. The lowest BCUT2D eigenvalue weighted by molar-refractivity contribution is -0.142. The highest BCUT2D eigenvalue weighted by atomic mass is 16.5. The third-order valence-electron chi connectivity index (χ3n) is 8.71. The van der Waals surface area contributed by atoms with Crippen molar-refractivity contribution in [2.24, 2.45) is 5.73 Å². The van der Waals surface area contributed by atoms with Crippen LogP contribution in [0.15, 0.2) is 109 Å². The van der Waals surface area contributed by atoms with Gasteiger partial charge in [-0.3, -0.25) is 9.59 Å². The summed E-state index contributed by atoms with van der Waals surface area (Å²) in [6, 6.07) is 31.0. The molecule has 10 heteroatoms. The Balaban J connectivity index is 1.31. The SMILES string of the molecule is NCCCC[C@H](NC(=O)[C@H](Cc1ccccc1)NC(=O)[C@H](Cc1ccccc1)NC(=O)OCC1c2ccccc2-c2ccccc21)C(=O)O. The van der Waals surface area contributed by atoms with Gasteiger partial charge in [0.25, 0.3) is 0 Å². The molecule has 1 aliphatic carbocycles. The molecule has 10 nitrogen and oxygen atoms in total. The number of unbranched alkanes of at least 4 members (excludes halogenated alkanes) is 1. The topological polar surface area (TPSA) is 160 Å². The van der Waals surface area contributed by atoms with Gasteiger partial charge in [-0.25, -0.2) is 9.59 Å². The summed E-state index contributed by atoms with van der Waals surface area (Å²) in [7, 11) is 0. The summed E-state index contributed by atoms with van der Waals surface area (Å²) in [4.78, 5) is 52.8. The van der Waals surface area contributed by atoms with Gasteiger partial charge >= 0.3 is 12.1 Å². The molecule has 0 bridgehead atoms. The number of nitrogens with two attached hydrogens (primary N) is 1. The van der Waals surface area contributed by atoms with Crippen LogP contribution in [-0.4, -0.2) is 60.3 Å². The maximum atomic E-state index is 13.9. The van der Waals surface area contributed by atoms with Crippen LogP contribution >= 0.6 is 0 Å². The molecule has 0 fully saturated rings. The predicted molar refractivity (Wildman–Crippen MR) is 187 cm³/mol. The van der Waals surface area contributed by atoms with E-state index in [2.05, 4.69) is 28.1 Å². The van der Waals surface area contributed by atoms with Crippen molar-refractivity contribution < 1.29 is 29.0 Å². The predicted octanol–water partition coefficient (Wildman–Crippen LogP) is 4.56. The molecule has 6 N–H and O–H groups in total. The van der Waals surface area contributed by atoms with E-state index in [0.29, 0.717) is 19.4 Å². The van der Waals surface area contributed by atoms with E-state index in [-0.39, 0.29) is 31.8 Å². The first kappa shape index (κ1) is 34.8. The standard InChI is InChI=1S/C39H42N4O6/c40-22-12-11-21-33(38(46)47)41-36(44)34(23-26-13-3-1-4-14-26)42-37(45)35(24-27-15-5-2-6-16-27)43-39(48)49-25-32-30-19-9-7-17-28(30)29-18-8-10-20-31(29)32/h1-10,13-20,32-35H,11-12,21-25,40H2,(H,41,44)(H,42,45)(H,43,48)(H,46,47)/t33-,34-,35-/m0/s1. The second kappa shape index (κ2) is 17.1. The largest absolute Gasteiger partial charge is 0.480 e. The minimum absolute atomic E-state index is 0.0688. The Morgan fingerprint density at radius 3 is 1.61 bits per heavy atom. The summed E-state index contributed by atoms with van der Waals surface area (Å²) >= 11 is 0. The summed E-state index contributed by atoms with van der Waals surface area (Å²) in [6.45, 7) is 0.478. The molecule has 0 heterocycles. The number of carboxylic acids is 1. The Labute approximate surface area is 286 Å². The van der Waals surface area contributed by atoms with E-state index in [9.17, 15) is 24.3 Å². The Bertz CT molecular complexity index is 1690. The maximum Gasteiger partial charge on any atom is 0.407 e. The number of benzene rings is 4. The van der Waals surface area contributed by atoms with Crippen LogP contribution in [0.25, 0.3) is 11.1 Å². The number of hydrogen-bond acceptors (Lipinski definition) is 6. The van der Waals surface area contributed by atoms with E-state index in [1.54, 1.807) is 0 Å². The van der Waals surface area contributed by atoms with Gasteiger partial charge in [-0.15, -0.1) is 0 Å². The fourth-order valence-electron chi connectivity index (χ4n) is 6.20. The highest BCUT2D eigenvalue weighted by Crippen LogP contribution is 2.44. The number of carboxylic acid groups (broad SMARTS) is 1. The number of fused-ring (bicyclic) bond motifs is 3. The average molecular weight is 663 g/mol. The average Bonchev–Trinajstić information content (AvgIpc) is 3.44. The lowest BCUT2D eigenvalue weighted by Crippen LogP contribution is -2.57. The normalized spacial score (nSPS) is 13.7. The molecule has 3 amide bonds. The van der Waals surface area contributed by atoms with Gasteiger partial charge in [-0.05, 0) is 59.2 Å². The third-order valence-corrected chi connectivity index (χ3v) is 8.71. The zero-order chi connectivity index (χ0) is 34.6. The number of rotatable bonds is 16. The van der Waals surface area contributed by atoms with Gasteiger partial charge in [0, 0.05) is 18.8 Å². The molecule has 0 saturated carbocycles. The summed E-state index contributed by atoms with van der Waals surface area (Å²) in [5.74, 6) is -2.58. The molecule has 254 valence electrons. The van der Waals surface area contributed by atoms with Gasteiger partial charge in [-0.2, -0.15) is 0 Å². The van der Waals surface area contributed by atoms with Gasteiger partial charge < -0.3 is 31.5 Å². The Morgan fingerprint density at radius 1 is 0.633 bits per heavy atom. The quantitative estimate of drug-likeness (QED) is 0.110. The van der Waals surface area contributed by atoms with Crippen LogP contribution in [0, 0.1) is 0 Å². The Hall–Kier alpha value is -5.48. The highest BCUT2D eigenvalue weighted by Gasteiger charge is 2.32. The van der Waals surface area contributed by atoms with Crippen molar-refractivity contribution in [2.45, 2.75) is 56.1 Å². The number of carbonyl (C=O) groups is 4. The number of carbonyl (C=O) groups excluding carboxylic acids is 3. The molecule has 1 aliphatic rings. The number of ether oxygens (including phenoxy) is 1. The first-order valence-electron chi connectivity index (χ1n) is 16.6. The van der Waals surface area contributed by atoms with Crippen LogP contribution in [0.1, 0.15) is 47.4 Å². The zero-order valence-corrected chi connectivity index (χ0v) is 27.2. The van der Waals surface area contributed by atoms with Crippen LogP contribution in [0.5, 0.6) is 0 Å². The molecule has 0 radical (unpaired) electrons. The van der Waals surface area contributed by atoms with E-state index >= 15 is 0 Å². The third kappa shape index (κ3) is 9.33. The molecule has 5 rings (SSSR count). The second-order valence-corrected chi connectivity index (χ2v) is 12.1. The van der Waals surface area contributed by atoms with Crippen molar-refractivity contribution in [3.8, 4) is 11.1 Å². The van der Waals surface area contributed by atoms with Gasteiger partial charge in [-0.1, -0.05) is 109 Å². The van der Waals surface area contributed by atoms with E-state index in [1.807, 2.05) is 97.1 Å². The van der Waals surface area contributed by atoms with Crippen molar-refractivity contribution in [3.05, 3.63) is 131 Å². The fraction of sp³-hybridized carbons (Fsp3) is 0.282. The van der Waals surface area contributed by atoms with Crippen LogP contribution < -0.4 is 21.7 Å². The molecule has 4 aromatic carbocycles. The molecule has 3 atom stereocenters. The van der Waals surface area contributed by atoms with Gasteiger partial charge in [0.15, 0.2) is 0 Å². The van der Waals surface area contributed by atoms with E-state index in [1.165, 1.54) is 0 Å². The molecule has 0 saturated heterocycles. The fourth-order valence-corrected chi connectivity index (χ4v) is 6.20. The van der Waals surface area contributed by atoms with Crippen molar-refractivity contribution in [1.29, 1.82) is 0 Å². The van der Waals surface area contributed by atoms with Crippen LogP contribution in [0.4, 0.5) is 4.79 Å². The molecule has 0 aliphatic heterocycles. The van der Waals surface area contributed by atoms with Gasteiger partial charge in [0.2, 0.25) is 11.8 Å². The number of nitrogens with one attached hydrogen (secondary N) is 3. The lowest BCUT2D eigenvalue weighted by Gasteiger charge is -2.25. The minimum Gasteiger partial charge on any atom is -0.480 e. The molecular formula is C39H42N4O6. The van der Waals surface area contributed by atoms with E-state index in [0.717, 1.165) is 33.4 Å². The van der Waals surface area contributed by atoms with Crippen molar-refractivity contribution >= 4 is 23.9 Å². The number of alkyl carbamates (subject to hydrolysis) is 1. The number of hydrogen-bond donors (Lipinski definition) is 5. The summed E-state index contributed by atoms with van der Waals surface area (Å²) in [5.41, 5.74) is 11.4. The number of amides is 3. The van der Waals surface area contributed by atoms with E-state index in [4.69, 9.17) is 10.5 Å². The van der Waals surface area contributed by atoms with Crippen LogP contribution in [0.3, 0.4) is 0 Å². The first-order valence-corrected chi connectivity index (χ1v) is 16.6. The van der Waals surface area contributed by atoms with Crippen molar-refractivity contribution in [1.82, 2.24) is 16.0 Å². The van der Waals surface area contributed by atoms with E-state index < -0.39 is 42.0 Å². The smallest absolute Gasteiger partial charge is 0.407 e. The summed E-state index contributed by atoms with van der Waals surface area (Å²) < 4.78 is 5.75. The molecule has 49 heavy (non-hydrogen) atoms. The maximum absolute atomic E-state index is 13.9. The number of aliphatic carboxylic acids is 1. The first-order chi connectivity index (χ1) is 23.8. The highest BCUT2D eigenvalue weighted by molar-refractivity contribution is 5.93. The molecular weight excluding hydrogens is 620 g/mol.